The molecule has 0 bridgehead atoms. The zero-order valence-electron chi connectivity index (χ0n) is 11.4. The van der Waals surface area contributed by atoms with Gasteiger partial charge in [-0.2, -0.15) is 18.3 Å². The van der Waals surface area contributed by atoms with E-state index in [1.165, 1.54) is 12.1 Å². The van der Waals surface area contributed by atoms with Crippen molar-refractivity contribution in [3.05, 3.63) is 66.4 Å². The number of hydrogen-bond donors (Lipinski definition) is 1. The molecule has 0 saturated carbocycles. The predicted molar refractivity (Wildman–Crippen MR) is 78.4 cm³/mol. The summed E-state index contributed by atoms with van der Waals surface area (Å²) < 4.78 is 40.7. The molecular formula is C16H12F3N3. The molecule has 1 aromatic heterocycles. The first kappa shape index (κ1) is 14.2. The average Bonchev–Trinajstić information content (AvgIpc) is 2.94. The lowest BCUT2D eigenvalue weighted by Gasteiger charge is -2.10. The van der Waals surface area contributed by atoms with E-state index in [1.807, 2.05) is 0 Å². The Labute approximate surface area is 124 Å². The van der Waals surface area contributed by atoms with Crippen LogP contribution in [0.15, 0.2) is 60.7 Å². The highest BCUT2D eigenvalue weighted by molar-refractivity contribution is 5.60. The van der Waals surface area contributed by atoms with E-state index < -0.39 is 11.9 Å². The van der Waals surface area contributed by atoms with Gasteiger partial charge in [0.15, 0.2) is 0 Å². The molecule has 2 aromatic carbocycles. The largest absolute Gasteiger partial charge is 0.433 e. The molecule has 6 heteroatoms. The molecule has 0 spiro atoms. The third-order valence-corrected chi connectivity index (χ3v) is 3.21. The van der Waals surface area contributed by atoms with Crippen LogP contribution in [0, 0.1) is 0 Å². The number of anilines is 1. The minimum Gasteiger partial charge on any atom is -0.399 e. The van der Waals surface area contributed by atoms with Gasteiger partial charge in [-0.25, -0.2) is 4.68 Å². The van der Waals surface area contributed by atoms with Gasteiger partial charge in [-0.15, -0.1) is 0 Å². The standard InChI is InChI=1S/C16H12F3N3/c17-16(18,19)15-10-14(11-4-2-1-3-5-11)21-22(15)13-8-6-12(20)7-9-13/h1-10H,20H2. The monoisotopic (exact) mass is 303 g/mol. The Morgan fingerprint density at radius 3 is 2.14 bits per heavy atom. The molecule has 3 aromatic rings. The van der Waals surface area contributed by atoms with Gasteiger partial charge in [-0.05, 0) is 30.3 Å². The van der Waals surface area contributed by atoms with Gasteiger partial charge in [0.05, 0.1) is 11.4 Å². The quantitative estimate of drug-likeness (QED) is 0.723. The molecule has 0 aliphatic carbocycles. The fourth-order valence-electron chi connectivity index (χ4n) is 2.15. The van der Waals surface area contributed by atoms with Crippen molar-refractivity contribution < 1.29 is 13.2 Å². The van der Waals surface area contributed by atoms with Crippen molar-refractivity contribution in [2.24, 2.45) is 0 Å². The lowest BCUT2D eigenvalue weighted by atomic mass is 10.1. The Morgan fingerprint density at radius 2 is 1.55 bits per heavy atom. The maximum Gasteiger partial charge on any atom is 0.433 e. The van der Waals surface area contributed by atoms with E-state index in [1.54, 1.807) is 42.5 Å². The van der Waals surface area contributed by atoms with E-state index in [0.29, 0.717) is 16.9 Å². The number of nitrogens with zero attached hydrogens (tertiary/aromatic N) is 2. The van der Waals surface area contributed by atoms with E-state index >= 15 is 0 Å². The van der Waals surface area contributed by atoms with Crippen LogP contribution in [0.5, 0.6) is 0 Å². The van der Waals surface area contributed by atoms with E-state index in [-0.39, 0.29) is 5.69 Å². The highest BCUT2D eigenvalue weighted by Gasteiger charge is 2.36. The number of hydrogen-bond acceptors (Lipinski definition) is 2. The molecule has 0 amide bonds. The van der Waals surface area contributed by atoms with Gasteiger partial charge in [0.2, 0.25) is 0 Å². The maximum absolute atomic E-state index is 13.3. The number of alkyl halides is 3. The normalized spacial score (nSPS) is 11.6. The molecule has 0 unspecified atom stereocenters. The zero-order chi connectivity index (χ0) is 15.7. The van der Waals surface area contributed by atoms with E-state index in [2.05, 4.69) is 5.10 Å². The first-order valence-electron chi connectivity index (χ1n) is 6.54. The second kappa shape index (κ2) is 5.22. The summed E-state index contributed by atoms with van der Waals surface area (Å²) in [7, 11) is 0. The van der Waals surface area contributed by atoms with Crippen LogP contribution in [0.1, 0.15) is 5.69 Å². The third-order valence-electron chi connectivity index (χ3n) is 3.21. The van der Waals surface area contributed by atoms with Gasteiger partial charge in [-0.3, -0.25) is 0 Å². The molecular weight excluding hydrogens is 291 g/mol. The fourth-order valence-corrected chi connectivity index (χ4v) is 2.15. The first-order chi connectivity index (χ1) is 10.4. The molecule has 1 heterocycles. The van der Waals surface area contributed by atoms with Crippen molar-refractivity contribution in [3.63, 3.8) is 0 Å². The van der Waals surface area contributed by atoms with Crippen molar-refractivity contribution in [2.45, 2.75) is 6.18 Å². The van der Waals surface area contributed by atoms with Crippen molar-refractivity contribution in [1.29, 1.82) is 0 Å². The van der Waals surface area contributed by atoms with Crippen LogP contribution in [-0.4, -0.2) is 9.78 Å². The molecule has 0 fully saturated rings. The maximum atomic E-state index is 13.3. The number of nitrogen functional groups attached to an aromatic ring is 1. The van der Waals surface area contributed by atoms with Crippen LogP contribution in [0.25, 0.3) is 16.9 Å². The van der Waals surface area contributed by atoms with Gasteiger partial charge in [-0.1, -0.05) is 30.3 Å². The smallest absolute Gasteiger partial charge is 0.399 e. The summed E-state index contributed by atoms with van der Waals surface area (Å²) >= 11 is 0. The molecule has 3 nitrogen and oxygen atoms in total. The molecule has 3 rings (SSSR count). The number of nitrogens with two attached hydrogens (primary N) is 1. The minimum atomic E-state index is -4.50. The highest BCUT2D eigenvalue weighted by Crippen LogP contribution is 2.34. The van der Waals surface area contributed by atoms with Crippen LogP contribution in [0.4, 0.5) is 18.9 Å². The predicted octanol–water partition coefficient (Wildman–Crippen LogP) is 4.14. The van der Waals surface area contributed by atoms with Gasteiger partial charge in [0.1, 0.15) is 5.69 Å². The summed E-state index contributed by atoms with van der Waals surface area (Å²) in [6.45, 7) is 0. The second-order valence-corrected chi connectivity index (χ2v) is 4.78. The van der Waals surface area contributed by atoms with Gasteiger partial charge < -0.3 is 5.73 Å². The number of benzene rings is 2. The average molecular weight is 303 g/mol. The summed E-state index contributed by atoms with van der Waals surface area (Å²) in [5, 5.41) is 4.10. The highest BCUT2D eigenvalue weighted by atomic mass is 19.4. The zero-order valence-corrected chi connectivity index (χ0v) is 11.4. The third kappa shape index (κ3) is 2.67. The number of rotatable bonds is 2. The summed E-state index contributed by atoms with van der Waals surface area (Å²) in [5.74, 6) is 0. The molecule has 0 aliphatic rings. The first-order valence-corrected chi connectivity index (χ1v) is 6.54. The lowest BCUT2D eigenvalue weighted by Crippen LogP contribution is -2.13. The summed E-state index contributed by atoms with van der Waals surface area (Å²) in [5.41, 5.74) is 6.43. The van der Waals surface area contributed by atoms with Crippen LogP contribution in [0.3, 0.4) is 0 Å². The molecule has 0 radical (unpaired) electrons. The van der Waals surface area contributed by atoms with Crippen molar-refractivity contribution in [3.8, 4) is 16.9 Å². The van der Waals surface area contributed by atoms with E-state index in [4.69, 9.17) is 5.73 Å². The number of aromatic nitrogens is 2. The summed E-state index contributed by atoms with van der Waals surface area (Å²) in [4.78, 5) is 0. The van der Waals surface area contributed by atoms with Gasteiger partial charge >= 0.3 is 6.18 Å². The number of halogens is 3. The molecule has 0 saturated heterocycles. The topological polar surface area (TPSA) is 43.8 Å². The van der Waals surface area contributed by atoms with E-state index in [9.17, 15) is 13.2 Å². The molecule has 22 heavy (non-hydrogen) atoms. The lowest BCUT2D eigenvalue weighted by molar-refractivity contribution is -0.142. The molecule has 2 N–H and O–H groups in total. The molecule has 0 aliphatic heterocycles. The SMILES string of the molecule is Nc1ccc(-n2nc(-c3ccccc3)cc2C(F)(F)F)cc1. The summed E-state index contributed by atoms with van der Waals surface area (Å²) in [6.07, 6.45) is -4.50. The van der Waals surface area contributed by atoms with Crippen LogP contribution in [-0.2, 0) is 6.18 Å². The van der Waals surface area contributed by atoms with Gasteiger partial charge in [0.25, 0.3) is 0 Å². The van der Waals surface area contributed by atoms with Crippen molar-refractivity contribution in [1.82, 2.24) is 9.78 Å². The Kier molecular flexibility index (Phi) is 3.36. The minimum absolute atomic E-state index is 0.268. The Hall–Kier alpha value is -2.76. The second-order valence-electron chi connectivity index (χ2n) is 4.78. The van der Waals surface area contributed by atoms with Crippen LogP contribution >= 0.6 is 0 Å². The van der Waals surface area contributed by atoms with Crippen molar-refractivity contribution >= 4 is 5.69 Å². The van der Waals surface area contributed by atoms with Gasteiger partial charge in [0, 0.05) is 11.3 Å². The van der Waals surface area contributed by atoms with Crippen molar-refractivity contribution in [2.75, 3.05) is 5.73 Å². The fraction of sp³-hybridized carbons (Fsp3) is 0.0625. The Bertz CT molecular complexity index is 775. The Morgan fingerprint density at radius 1 is 0.909 bits per heavy atom. The van der Waals surface area contributed by atoms with Crippen LogP contribution in [0.2, 0.25) is 0 Å². The summed E-state index contributed by atoms with van der Waals surface area (Å²) in [6, 6.07) is 15.9. The van der Waals surface area contributed by atoms with E-state index in [0.717, 1.165) is 10.7 Å². The van der Waals surface area contributed by atoms with Crippen LogP contribution < -0.4 is 5.73 Å². The Balaban J connectivity index is 2.16. The molecule has 112 valence electrons. The molecule has 0 atom stereocenters.